The largest absolute Gasteiger partial charge is 0.357 e. The molecule has 8 heteroatoms. The van der Waals surface area contributed by atoms with Crippen LogP contribution in [0.15, 0.2) is 23.3 Å². The molecule has 2 saturated heterocycles. The van der Waals surface area contributed by atoms with Crippen LogP contribution >= 0.6 is 11.6 Å². The maximum Gasteiger partial charge on any atom is 0.191 e. The lowest BCUT2D eigenvalue weighted by Crippen LogP contribution is -2.46. The Labute approximate surface area is 186 Å². The van der Waals surface area contributed by atoms with Crippen molar-refractivity contribution in [2.24, 2.45) is 4.99 Å². The standard InChI is InChI=1S/C22H38ClN7/c1-3-24-22(26-10-5-6-12-29-16-14-28(4-2)15-17-29)27-19-9-13-30(18-19)21-20(23)8-7-11-25-21/h7-8,11,19H,3-6,9-10,12-18H2,1-2H3,(H2,24,26,27). The first kappa shape index (κ1) is 23.1. The Morgan fingerprint density at radius 2 is 1.97 bits per heavy atom. The molecule has 1 aromatic heterocycles. The number of aliphatic imine (C=N–C) groups is 1. The molecular weight excluding hydrogens is 398 g/mol. The fourth-order valence-electron chi connectivity index (χ4n) is 4.16. The number of rotatable bonds is 9. The molecule has 1 aromatic rings. The Morgan fingerprint density at radius 3 is 2.70 bits per heavy atom. The number of guanidine groups is 1. The molecule has 0 radical (unpaired) electrons. The van der Waals surface area contributed by atoms with E-state index in [9.17, 15) is 0 Å². The molecule has 168 valence electrons. The van der Waals surface area contributed by atoms with E-state index in [0.717, 1.165) is 55.8 Å². The summed E-state index contributed by atoms with van der Waals surface area (Å²) in [5.41, 5.74) is 0. The SMILES string of the molecule is CCNC(=NCCCCN1CCN(CC)CC1)NC1CCN(c2ncccc2Cl)C1. The predicted octanol–water partition coefficient (Wildman–Crippen LogP) is 2.29. The second kappa shape index (κ2) is 12.3. The van der Waals surface area contributed by atoms with Gasteiger partial charge in [0.05, 0.1) is 5.02 Å². The Hall–Kier alpha value is -1.57. The minimum atomic E-state index is 0.357. The van der Waals surface area contributed by atoms with Crippen molar-refractivity contribution in [3.05, 3.63) is 23.4 Å². The number of hydrogen-bond acceptors (Lipinski definition) is 5. The van der Waals surface area contributed by atoms with Crippen molar-refractivity contribution in [2.75, 3.05) is 70.3 Å². The van der Waals surface area contributed by atoms with Gasteiger partial charge in [0.25, 0.3) is 0 Å². The molecule has 0 aliphatic carbocycles. The monoisotopic (exact) mass is 435 g/mol. The van der Waals surface area contributed by atoms with Gasteiger partial charge < -0.3 is 25.3 Å². The quantitative estimate of drug-likeness (QED) is 0.352. The Morgan fingerprint density at radius 1 is 1.17 bits per heavy atom. The number of halogens is 1. The molecular formula is C22H38ClN7. The minimum Gasteiger partial charge on any atom is -0.357 e. The van der Waals surface area contributed by atoms with Crippen LogP contribution in [-0.4, -0.2) is 92.2 Å². The van der Waals surface area contributed by atoms with Crippen LogP contribution in [0, 0.1) is 0 Å². The van der Waals surface area contributed by atoms with Crippen LogP contribution in [0.5, 0.6) is 0 Å². The molecule has 0 bridgehead atoms. The average molecular weight is 436 g/mol. The van der Waals surface area contributed by atoms with E-state index >= 15 is 0 Å². The Balaban J connectivity index is 1.38. The average Bonchev–Trinajstić information content (AvgIpc) is 3.22. The first-order valence-electron chi connectivity index (χ1n) is 11.5. The topological polar surface area (TPSA) is 59.0 Å². The molecule has 3 heterocycles. The maximum absolute atomic E-state index is 6.31. The van der Waals surface area contributed by atoms with Gasteiger partial charge in [-0.2, -0.15) is 0 Å². The van der Waals surface area contributed by atoms with Gasteiger partial charge in [-0.3, -0.25) is 4.99 Å². The van der Waals surface area contributed by atoms with E-state index in [4.69, 9.17) is 16.6 Å². The summed E-state index contributed by atoms with van der Waals surface area (Å²) in [6.45, 7) is 15.2. The van der Waals surface area contributed by atoms with Crippen LogP contribution in [0.2, 0.25) is 5.02 Å². The van der Waals surface area contributed by atoms with Crippen LogP contribution in [0.3, 0.4) is 0 Å². The zero-order valence-electron chi connectivity index (χ0n) is 18.6. The van der Waals surface area contributed by atoms with Crippen molar-refractivity contribution < 1.29 is 0 Å². The number of nitrogens with zero attached hydrogens (tertiary/aromatic N) is 5. The van der Waals surface area contributed by atoms with Gasteiger partial charge in [0.1, 0.15) is 5.82 Å². The number of hydrogen-bond donors (Lipinski definition) is 2. The number of pyridine rings is 1. The van der Waals surface area contributed by atoms with Crippen LogP contribution < -0.4 is 15.5 Å². The van der Waals surface area contributed by atoms with Crippen molar-refractivity contribution in [1.82, 2.24) is 25.4 Å². The molecule has 1 unspecified atom stereocenters. The fraction of sp³-hybridized carbons (Fsp3) is 0.727. The molecule has 7 nitrogen and oxygen atoms in total. The molecule has 2 aliphatic heterocycles. The molecule has 0 amide bonds. The van der Waals surface area contributed by atoms with Gasteiger partial charge in [-0.05, 0) is 51.4 Å². The van der Waals surface area contributed by atoms with Crippen LogP contribution in [-0.2, 0) is 0 Å². The molecule has 30 heavy (non-hydrogen) atoms. The van der Waals surface area contributed by atoms with E-state index in [1.54, 1.807) is 6.20 Å². The summed E-state index contributed by atoms with van der Waals surface area (Å²) in [4.78, 5) is 16.6. The predicted molar refractivity (Wildman–Crippen MR) is 127 cm³/mol. The number of likely N-dealkylation sites (N-methyl/N-ethyl adjacent to an activating group) is 1. The summed E-state index contributed by atoms with van der Waals surface area (Å²) in [5, 5.41) is 7.71. The second-order valence-corrected chi connectivity index (χ2v) is 8.54. The van der Waals surface area contributed by atoms with Gasteiger partial charge in [0.2, 0.25) is 0 Å². The lowest BCUT2D eigenvalue weighted by atomic mass is 10.2. The number of aromatic nitrogens is 1. The molecule has 0 spiro atoms. The third-order valence-electron chi connectivity index (χ3n) is 5.98. The molecule has 2 N–H and O–H groups in total. The van der Waals surface area contributed by atoms with Gasteiger partial charge in [-0.1, -0.05) is 18.5 Å². The Kier molecular flexibility index (Phi) is 9.49. The van der Waals surface area contributed by atoms with E-state index in [1.807, 2.05) is 12.1 Å². The lowest BCUT2D eigenvalue weighted by Gasteiger charge is -2.33. The first-order valence-corrected chi connectivity index (χ1v) is 11.9. The summed E-state index contributed by atoms with van der Waals surface area (Å²) < 4.78 is 0. The number of piperazine rings is 1. The fourth-order valence-corrected chi connectivity index (χ4v) is 4.40. The second-order valence-electron chi connectivity index (χ2n) is 8.13. The van der Waals surface area contributed by atoms with Crippen molar-refractivity contribution in [3.8, 4) is 0 Å². The van der Waals surface area contributed by atoms with E-state index < -0.39 is 0 Å². The van der Waals surface area contributed by atoms with Crippen molar-refractivity contribution in [3.63, 3.8) is 0 Å². The molecule has 0 aromatic carbocycles. The molecule has 2 aliphatic rings. The number of unbranched alkanes of at least 4 members (excludes halogenated alkanes) is 1. The van der Waals surface area contributed by atoms with Gasteiger partial charge >= 0.3 is 0 Å². The summed E-state index contributed by atoms with van der Waals surface area (Å²) in [6.07, 6.45) is 5.20. The van der Waals surface area contributed by atoms with E-state index in [1.165, 1.54) is 45.7 Å². The number of nitrogens with one attached hydrogen (secondary N) is 2. The first-order chi connectivity index (χ1) is 14.7. The minimum absolute atomic E-state index is 0.357. The smallest absolute Gasteiger partial charge is 0.191 e. The van der Waals surface area contributed by atoms with E-state index in [0.29, 0.717) is 6.04 Å². The summed E-state index contributed by atoms with van der Waals surface area (Å²) in [5.74, 6) is 1.80. The van der Waals surface area contributed by atoms with Gasteiger partial charge in [0.15, 0.2) is 5.96 Å². The highest BCUT2D eigenvalue weighted by Crippen LogP contribution is 2.25. The van der Waals surface area contributed by atoms with Gasteiger partial charge in [0, 0.05) is 64.6 Å². The highest BCUT2D eigenvalue weighted by Gasteiger charge is 2.25. The summed E-state index contributed by atoms with van der Waals surface area (Å²) in [7, 11) is 0. The van der Waals surface area contributed by atoms with Crippen LogP contribution in [0.25, 0.3) is 0 Å². The highest BCUT2D eigenvalue weighted by molar-refractivity contribution is 6.32. The zero-order valence-corrected chi connectivity index (χ0v) is 19.4. The molecule has 3 rings (SSSR count). The van der Waals surface area contributed by atoms with Crippen molar-refractivity contribution >= 4 is 23.4 Å². The zero-order chi connectivity index (χ0) is 21.2. The highest BCUT2D eigenvalue weighted by atomic mass is 35.5. The van der Waals surface area contributed by atoms with Crippen molar-refractivity contribution in [1.29, 1.82) is 0 Å². The molecule has 1 atom stereocenters. The van der Waals surface area contributed by atoms with Crippen LogP contribution in [0.1, 0.15) is 33.1 Å². The Bertz CT molecular complexity index is 661. The molecule has 0 saturated carbocycles. The third-order valence-corrected chi connectivity index (χ3v) is 6.27. The van der Waals surface area contributed by atoms with E-state index in [2.05, 4.69) is 44.2 Å². The summed E-state index contributed by atoms with van der Waals surface area (Å²) in [6, 6.07) is 4.13. The normalized spacial score (nSPS) is 21.2. The maximum atomic E-state index is 6.31. The van der Waals surface area contributed by atoms with Crippen molar-refractivity contribution in [2.45, 2.75) is 39.2 Å². The van der Waals surface area contributed by atoms with Crippen LogP contribution in [0.4, 0.5) is 5.82 Å². The lowest BCUT2D eigenvalue weighted by molar-refractivity contribution is 0.136. The summed E-state index contributed by atoms with van der Waals surface area (Å²) >= 11 is 6.31. The number of anilines is 1. The van der Waals surface area contributed by atoms with E-state index in [-0.39, 0.29) is 0 Å². The van der Waals surface area contributed by atoms with Gasteiger partial charge in [-0.15, -0.1) is 0 Å². The third kappa shape index (κ3) is 7.00. The molecule has 2 fully saturated rings. The van der Waals surface area contributed by atoms with Gasteiger partial charge in [-0.25, -0.2) is 4.98 Å².